The highest BCUT2D eigenvalue weighted by Gasteiger charge is 2.44. The van der Waals surface area contributed by atoms with Gasteiger partial charge in [-0.05, 0) is 25.8 Å². The molecule has 5 heteroatoms. The van der Waals surface area contributed by atoms with Crippen LogP contribution in [0.5, 0.6) is 0 Å². The Hall–Kier alpha value is -1.36. The number of likely N-dealkylation sites (tertiary alicyclic amines) is 1. The number of rotatable bonds is 2. The van der Waals surface area contributed by atoms with Crippen molar-refractivity contribution in [2.24, 2.45) is 0 Å². The standard InChI is InChI=1S/C12H17N3O2/c1-12(4-2-7-17-12)11(16)14-8-10(9-14)15-6-3-5-13-15/h3,5-6,10H,2,4,7-9H2,1H3/t12-/m0/s1. The second kappa shape index (κ2) is 3.84. The first-order valence-corrected chi connectivity index (χ1v) is 6.11. The van der Waals surface area contributed by atoms with Crippen molar-refractivity contribution >= 4 is 5.91 Å². The van der Waals surface area contributed by atoms with E-state index in [1.165, 1.54) is 0 Å². The van der Waals surface area contributed by atoms with E-state index in [2.05, 4.69) is 5.10 Å². The maximum absolute atomic E-state index is 12.2. The molecule has 1 atom stereocenters. The van der Waals surface area contributed by atoms with Gasteiger partial charge in [-0.25, -0.2) is 0 Å². The predicted octanol–water partition coefficient (Wildman–Crippen LogP) is 0.835. The minimum Gasteiger partial charge on any atom is -0.365 e. The quantitative estimate of drug-likeness (QED) is 0.763. The van der Waals surface area contributed by atoms with E-state index < -0.39 is 5.60 Å². The van der Waals surface area contributed by atoms with Crippen molar-refractivity contribution in [2.45, 2.75) is 31.4 Å². The van der Waals surface area contributed by atoms with Gasteiger partial charge in [0.25, 0.3) is 5.91 Å². The van der Waals surface area contributed by atoms with Gasteiger partial charge in [-0.3, -0.25) is 9.48 Å². The molecule has 0 bridgehead atoms. The summed E-state index contributed by atoms with van der Waals surface area (Å²) in [6.07, 6.45) is 5.54. The Morgan fingerprint density at radius 1 is 1.53 bits per heavy atom. The molecule has 0 aromatic carbocycles. The molecule has 3 rings (SSSR count). The summed E-state index contributed by atoms with van der Waals surface area (Å²) >= 11 is 0. The molecule has 2 aliphatic rings. The number of ether oxygens (including phenoxy) is 1. The zero-order valence-corrected chi connectivity index (χ0v) is 10.0. The van der Waals surface area contributed by atoms with Crippen LogP contribution in [0.15, 0.2) is 18.5 Å². The van der Waals surface area contributed by atoms with Gasteiger partial charge < -0.3 is 9.64 Å². The number of hydrogen-bond donors (Lipinski definition) is 0. The number of carbonyl (C=O) groups excluding carboxylic acids is 1. The summed E-state index contributed by atoms with van der Waals surface area (Å²) in [5.74, 6) is 0.137. The SMILES string of the molecule is C[C@@]1(C(=O)N2CC(n3cccn3)C2)CCCO1. The fourth-order valence-electron chi connectivity index (χ4n) is 2.57. The topological polar surface area (TPSA) is 47.4 Å². The van der Waals surface area contributed by atoms with E-state index in [1.807, 2.05) is 28.8 Å². The molecule has 0 aliphatic carbocycles. The second-order valence-corrected chi connectivity index (χ2v) is 5.03. The maximum Gasteiger partial charge on any atom is 0.254 e. The first-order valence-electron chi connectivity index (χ1n) is 6.11. The molecule has 0 unspecified atom stereocenters. The van der Waals surface area contributed by atoms with Crippen molar-refractivity contribution in [1.82, 2.24) is 14.7 Å². The summed E-state index contributed by atoms with van der Waals surface area (Å²) in [6, 6.07) is 2.24. The Labute approximate surface area is 100 Å². The van der Waals surface area contributed by atoms with Crippen molar-refractivity contribution in [3.8, 4) is 0 Å². The van der Waals surface area contributed by atoms with Gasteiger partial charge in [0.05, 0.1) is 6.04 Å². The Morgan fingerprint density at radius 2 is 2.35 bits per heavy atom. The average Bonchev–Trinajstić information content (AvgIpc) is 2.87. The smallest absolute Gasteiger partial charge is 0.254 e. The highest BCUT2D eigenvalue weighted by Crippen LogP contribution is 2.31. The minimum absolute atomic E-state index is 0.137. The van der Waals surface area contributed by atoms with Crippen LogP contribution in [0.3, 0.4) is 0 Å². The van der Waals surface area contributed by atoms with Crippen LogP contribution in [-0.4, -0.2) is 45.9 Å². The normalized spacial score (nSPS) is 29.4. The summed E-state index contributed by atoms with van der Waals surface area (Å²) in [7, 11) is 0. The van der Waals surface area contributed by atoms with E-state index in [0.717, 1.165) is 25.9 Å². The van der Waals surface area contributed by atoms with E-state index in [9.17, 15) is 4.79 Å². The van der Waals surface area contributed by atoms with E-state index in [-0.39, 0.29) is 5.91 Å². The molecular weight excluding hydrogens is 218 g/mol. The monoisotopic (exact) mass is 235 g/mol. The lowest BCUT2D eigenvalue weighted by molar-refractivity contribution is -0.157. The lowest BCUT2D eigenvalue weighted by Gasteiger charge is -2.42. The average molecular weight is 235 g/mol. The third-order valence-corrected chi connectivity index (χ3v) is 3.72. The number of amides is 1. The number of carbonyl (C=O) groups is 1. The molecule has 2 aliphatic heterocycles. The van der Waals surface area contributed by atoms with Crippen LogP contribution in [0.1, 0.15) is 25.8 Å². The third-order valence-electron chi connectivity index (χ3n) is 3.72. The van der Waals surface area contributed by atoms with Gasteiger partial charge >= 0.3 is 0 Å². The molecule has 1 aromatic rings. The Bertz CT molecular complexity index is 403. The first kappa shape index (κ1) is 10.8. The minimum atomic E-state index is -0.574. The van der Waals surface area contributed by atoms with Crippen LogP contribution in [0.2, 0.25) is 0 Å². The molecule has 1 aromatic heterocycles. The van der Waals surface area contributed by atoms with Crippen LogP contribution < -0.4 is 0 Å². The molecule has 2 saturated heterocycles. The van der Waals surface area contributed by atoms with Crippen molar-refractivity contribution < 1.29 is 9.53 Å². The summed E-state index contributed by atoms with van der Waals surface area (Å²) in [4.78, 5) is 14.1. The van der Waals surface area contributed by atoms with Crippen LogP contribution in [0.4, 0.5) is 0 Å². The molecule has 0 N–H and O–H groups in total. The van der Waals surface area contributed by atoms with E-state index in [4.69, 9.17) is 4.74 Å². The highest BCUT2D eigenvalue weighted by molar-refractivity contribution is 5.85. The molecule has 1 amide bonds. The van der Waals surface area contributed by atoms with Gasteiger partial charge in [0, 0.05) is 32.1 Å². The van der Waals surface area contributed by atoms with Gasteiger partial charge in [0.1, 0.15) is 5.60 Å². The first-order chi connectivity index (χ1) is 8.19. The fraction of sp³-hybridized carbons (Fsp3) is 0.667. The lowest BCUT2D eigenvalue weighted by atomic mass is 9.97. The van der Waals surface area contributed by atoms with Gasteiger partial charge in [0.2, 0.25) is 0 Å². The zero-order valence-electron chi connectivity index (χ0n) is 10.0. The zero-order chi connectivity index (χ0) is 11.9. The Morgan fingerprint density at radius 3 is 2.94 bits per heavy atom. The number of nitrogens with zero attached hydrogens (tertiary/aromatic N) is 3. The van der Waals surface area contributed by atoms with Crippen LogP contribution in [0, 0.1) is 0 Å². The van der Waals surface area contributed by atoms with Gasteiger partial charge in [-0.1, -0.05) is 0 Å². The maximum atomic E-state index is 12.2. The van der Waals surface area contributed by atoms with Crippen LogP contribution in [-0.2, 0) is 9.53 Å². The second-order valence-electron chi connectivity index (χ2n) is 5.03. The van der Waals surface area contributed by atoms with E-state index in [1.54, 1.807) is 6.20 Å². The summed E-state index contributed by atoms with van der Waals surface area (Å²) < 4.78 is 7.49. The predicted molar refractivity (Wildman–Crippen MR) is 61.4 cm³/mol. The Balaban J connectivity index is 1.60. The summed E-state index contributed by atoms with van der Waals surface area (Å²) in [6.45, 7) is 4.11. The lowest BCUT2D eigenvalue weighted by Crippen LogP contribution is -2.57. The van der Waals surface area contributed by atoms with Gasteiger partial charge in [0.15, 0.2) is 0 Å². The highest BCUT2D eigenvalue weighted by atomic mass is 16.5. The molecule has 0 spiro atoms. The van der Waals surface area contributed by atoms with Crippen molar-refractivity contribution in [3.05, 3.63) is 18.5 Å². The molecule has 5 nitrogen and oxygen atoms in total. The Kier molecular flexibility index (Phi) is 2.43. The van der Waals surface area contributed by atoms with Crippen LogP contribution in [0.25, 0.3) is 0 Å². The van der Waals surface area contributed by atoms with Crippen LogP contribution >= 0.6 is 0 Å². The number of hydrogen-bond acceptors (Lipinski definition) is 3. The summed E-state index contributed by atoms with van der Waals surface area (Å²) in [5.41, 5.74) is -0.574. The van der Waals surface area contributed by atoms with Crippen molar-refractivity contribution in [2.75, 3.05) is 19.7 Å². The summed E-state index contributed by atoms with van der Waals surface area (Å²) in [5, 5.41) is 4.19. The largest absolute Gasteiger partial charge is 0.365 e. The molecule has 3 heterocycles. The molecule has 92 valence electrons. The molecule has 17 heavy (non-hydrogen) atoms. The van der Waals surface area contributed by atoms with Crippen molar-refractivity contribution in [3.63, 3.8) is 0 Å². The van der Waals surface area contributed by atoms with E-state index in [0.29, 0.717) is 12.6 Å². The number of aromatic nitrogens is 2. The van der Waals surface area contributed by atoms with Gasteiger partial charge in [-0.15, -0.1) is 0 Å². The van der Waals surface area contributed by atoms with E-state index >= 15 is 0 Å². The molecular formula is C12H17N3O2. The molecule has 0 radical (unpaired) electrons. The van der Waals surface area contributed by atoms with Gasteiger partial charge in [-0.2, -0.15) is 5.10 Å². The van der Waals surface area contributed by atoms with Crippen molar-refractivity contribution in [1.29, 1.82) is 0 Å². The molecule has 2 fully saturated rings. The third kappa shape index (κ3) is 1.74. The molecule has 0 saturated carbocycles. The fourth-order valence-corrected chi connectivity index (χ4v) is 2.57.